The van der Waals surface area contributed by atoms with E-state index in [4.69, 9.17) is 14.9 Å². The first-order valence-electron chi connectivity index (χ1n) is 5.81. The maximum absolute atomic E-state index is 10.9. The molecule has 0 aliphatic carbocycles. The van der Waals surface area contributed by atoms with Gasteiger partial charge in [0.1, 0.15) is 0 Å². The molecule has 4 nitrogen and oxygen atoms in total. The van der Waals surface area contributed by atoms with Crippen molar-refractivity contribution in [2.45, 2.75) is 57.8 Å². The predicted molar refractivity (Wildman–Crippen MR) is 61.7 cm³/mol. The maximum Gasteiger partial charge on any atom is 0.330 e. The minimum atomic E-state index is -1.62. The molecule has 0 radical (unpaired) electrons. The van der Waals surface area contributed by atoms with Crippen LogP contribution in [0.3, 0.4) is 0 Å². The largest absolute Gasteiger partial charge is 0.454 e. The van der Waals surface area contributed by atoms with Crippen molar-refractivity contribution in [2.75, 3.05) is 0 Å². The number of unbranched alkanes of at least 4 members (excludes halogenated alkanes) is 4. The van der Waals surface area contributed by atoms with Crippen LogP contribution < -0.4 is 0 Å². The monoisotopic (exact) mass is 230 g/mol. The van der Waals surface area contributed by atoms with Crippen LogP contribution in [0.15, 0.2) is 12.7 Å². The lowest BCUT2D eigenvalue weighted by Crippen LogP contribution is -2.30. The molecule has 0 saturated carbocycles. The van der Waals surface area contributed by atoms with Gasteiger partial charge in [0.25, 0.3) is 0 Å². The number of carbonyl (C=O) groups is 1. The van der Waals surface area contributed by atoms with Crippen LogP contribution in [0.1, 0.15) is 45.4 Å². The van der Waals surface area contributed by atoms with Crippen molar-refractivity contribution in [2.24, 2.45) is 0 Å². The molecule has 0 aliphatic rings. The van der Waals surface area contributed by atoms with Gasteiger partial charge < -0.3 is 14.9 Å². The normalized spacial score (nSPS) is 12.5. The molecule has 1 atom stereocenters. The summed E-state index contributed by atoms with van der Waals surface area (Å²) in [4.78, 5) is 10.9. The molecule has 0 heterocycles. The van der Waals surface area contributed by atoms with E-state index >= 15 is 0 Å². The van der Waals surface area contributed by atoms with Gasteiger partial charge in [-0.05, 0) is 12.8 Å². The summed E-state index contributed by atoms with van der Waals surface area (Å²) in [6.45, 7) is 5.39. The van der Waals surface area contributed by atoms with Gasteiger partial charge in [-0.15, -0.1) is 0 Å². The Balaban J connectivity index is 3.77. The fourth-order valence-electron chi connectivity index (χ4n) is 1.42. The van der Waals surface area contributed by atoms with Crippen molar-refractivity contribution in [3.63, 3.8) is 0 Å². The van der Waals surface area contributed by atoms with Crippen molar-refractivity contribution in [3.8, 4) is 0 Å². The number of ether oxygens (including phenoxy) is 1. The predicted octanol–water partition coefficient (Wildman–Crippen LogP) is 1.76. The topological polar surface area (TPSA) is 66.8 Å². The highest BCUT2D eigenvalue weighted by molar-refractivity contribution is 5.81. The van der Waals surface area contributed by atoms with E-state index < -0.39 is 18.4 Å². The number of carbonyl (C=O) groups excluding carboxylic acids is 1. The second kappa shape index (κ2) is 9.36. The van der Waals surface area contributed by atoms with Gasteiger partial charge in [-0.1, -0.05) is 39.2 Å². The summed E-state index contributed by atoms with van der Waals surface area (Å²) in [5, 5.41) is 18.0. The van der Waals surface area contributed by atoms with E-state index in [1.807, 2.05) is 0 Å². The Kier molecular flexibility index (Phi) is 8.85. The average molecular weight is 230 g/mol. The summed E-state index contributed by atoms with van der Waals surface area (Å²) in [5.41, 5.74) is 0. The first-order chi connectivity index (χ1) is 7.61. The van der Waals surface area contributed by atoms with Gasteiger partial charge in [0.05, 0.1) is 0 Å². The van der Waals surface area contributed by atoms with Crippen LogP contribution in [0.4, 0.5) is 0 Å². The fraction of sp³-hybridized carbons (Fsp3) is 0.750. The summed E-state index contributed by atoms with van der Waals surface area (Å²) >= 11 is 0. The van der Waals surface area contributed by atoms with Gasteiger partial charge in [-0.2, -0.15) is 0 Å². The number of hydrogen-bond acceptors (Lipinski definition) is 4. The number of aliphatic hydroxyl groups excluding tert-OH is 1. The van der Waals surface area contributed by atoms with E-state index in [0.29, 0.717) is 6.42 Å². The fourth-order valence-corrected chi connectivity index (χ4v) is 1.42. The third kappa shape index (κ3) is 7.43. The highest BCUT2D eigenvalue weighted by Crippen LogP contribution is 2.11. The number of hydrogen-bond donors (Lipinski definition) is 2. The molecule has 0 aromatic heterocycles. The molecule has 0 bridgehead atoms. The van der Waals surface area contributed by atoms with Crippen LogP contribution in [-0.2, 0) is 9.53 Å². The van der Waals surface area contributed by atoms with Gasteiger partial charge in [0.2, 0.25) is 0 Å². The highest BCUT2D eigenvalue weighted by atomic mass is 16.6. The van der Waals surface area contributed by atoms with Gasteiger partial charge >= 0.3 is 5.97 Å². The summed E-state index contributed by atoms with van der Waals surface area (Å²) in [7, 11) is 0. The zero-order valence-corrected chi connectivity index (χ0v) is 9.89. The molecule has 0 aliphatic heterocycles. The van der Waals surface area contributed by atoms with Crippen LogP contribution in [0.25, 0.3) is 0 Å². The van der Waals surface area contributed by atoms with E-state index in [2.05, 4.69) is 13.5 Å². The molecular weight excluding hydrogens is 208 g/mol. The lowest BCUT2D eigenvalue weighted by molar-refractivity contribution is -0.171. The number of aliphatic hydroxyl groups is 2. The summed E-state index contributed by atoms with van der Waals surface area (Å²) in [6.07, 6.45) is 4.35. The first-order valence-corrected chi connectivity index (χ1v) is 5.81. The zero-order chi connectivity index (χ0) is 12.4. The standard InChI is InChI=1S/C12H22O4/c1-3-5-6-7-8-9-10(12(14)15)16-11(13)4-2/h4,10,12,14-15H,2-3,5-9H2,1H3. The highest BCUT2D eigenvalue weighted by Gasteiger charge is 2.19. The lowest BCUT2D eigenvalue weighted by atomic mass is 10.1. The summed E-state index contributed by atoms with van der Waals surface area (Å²) < 4.78 is 4.81. The SMILES string of the molecule is C=CC(=O)OC(CCCCCCC)C(O)O. The van der Waals surface area contributed by atoms with Crippen LogP contribution in [0.5, 0.6) is 0 Å². The molecule has 0 spiro atoms. The molecule has 1 unspecified atom stereocenters. The molecular formula is C12H22O4. The molecule has 0 amide bonds. The molecule has 2 N–H and O–H groups in total. The Hall–Kier alpha value is -0.870. The molecule has 0 aromatic carbocycles. The first kappa shape index (κ1) is 15.1. The molecule has 0 saturated heterocycles. The van der Waals surface area contributed by atoms with E-state index in [1.54, 1.807) is 0 Å². The smallest absolute Gasteiger partial charge is 0.330 e. The van der Waals surface area contributed by atoms with Gasteiger partial charge in [-0.3, -0.25) is 0 Å². The van der Waals surface area contributed by atoms with Gasteiger partial charge in [-0.25, -0.2) is 4.79 Å². The third-order valence-electron chi connectivity index (χ3n) is 2.36. The average Bonchev–Trinajstić information content (AvgIpc) is 2.26. The zero-order valence-electron chi connectivity index (χ0n) is 9.89. The summed E-state index contributed by atoms with van der Waals surface area (Å²) in [6, 6.07) is 0. The molecule has 16 heavy (non-hydrogen) atoms. The van der Waals surface area contributed by atoms with Crippen LogP contribution in [0.2, 0.25) is 0 Å². The van der Waals surface area contributed by atoms with Crippen LogP contribution in [-0.4, -0.2) is 28.6 Å². The minimum Gasteiger partial charge on any atom is -0.454 e. The molecule has 0 aromatic rings. The van der Waals surface area contributed by atoms with E-state index in [1.165, 1.54) is 6.42 Å². The van der Waals surface area contributed by atoms with Crippen LogP contribution >= 0.6 is 0 Å². The lowest BCUT2D eigenvalue weighted by Gasteiger charge is -2.18. The molecule has 0 rings (SSSR count). The quantitative estimate of drug-likeness (QED) is 0.274. The van der Waals surface area contributed by atoms with Crippen LogP contribution in [0, 0.1) is 0 Å². The second-order valence-corrected chi connectivity index (χ2v) is 3.80. The van der Waals surface area contributed by atoms with E-state index in [0.717, 1.165) is 31.8 Å². The van der Waals surface area contributed by atoms with Crippen molar-refractivity contribution in [1.82, 2.24) is 0 Å². The van der Waals surface area contributed by atoms with Crippen molar-refractivity contribution in [3.05, 3.63) is 12.7 Å². The van der Waals surface area contributed by atoms with Gasteiger partial charge in [0, 0.05) is 6.08 Å². The Morgan fingerprint density at radius 2 is 1.94 bits per heavy atom. The second-order valence-electron chi connectivity index (χ2n) is 3.80. The van der Waals surface area contributed by atoms with Crippen molar-refractivity contribution >= 4 is 5.97 Å². The number of rotatable bonds is 9. The maximum atomic E-state index is 10.9. The Morgan fingerprint density at radius 1 is 1.31 bits per heavy atom. The van der Waals surface area contributed by atoms with Gasteiger partial charge in [0.15, 0.2) is 12.4 Å². The van der Waals surface area contributed by atoms with E-state index in [-0.39, 0.29) is 0 Å². The number of esters is 1. The molecule has 4 heteroatoms. The molecule has 94 valence electrons. The van der Waals surface area contributed by atoms with E-state index in [9.17, 15) is 4.79 Å². The van der Waals surface area contributed by atoms with Crippen molar-refractivity contribution in [1.29, 1.82) is 0 Å². The minimum absolute atomic E-state index is 0.473. The summed E-state index contributed by atoms with van der Waals surface area (Å²) in [5.74, 6) is -0.619. The third-order valence-corrected chi connectivity index (χ3v) is 2.36. The Labute approximate surface area is 96.9 Å². The Morgan fingerprint density at radius 3 is 2.44 bits per heavy atom. The Bertz CT molecular complexity index is 201. The molecule has 0 fully saturated rings. The van der Waals surface area contributed by atoms with Crippen molar-refractivity contribution < 1.29 is 19.7 Å².